The van der Waals surface area contributed by atoms with Crippen molar-refractivity contribution in [3.05, 3.63) is 24.0 Å². The van der Waals surface area contributed by atoms with Gasteiger partial charge in [0.2, 0.25) is 0 Å². The number of nitrogens with two attached hydrogens (primary N) is 1. The number of nitrogens with zero attached hydrogens (tertiary/aromatic N) is 3. The van der Waals surface area contributed by atoms with E-state index in [2.05, 4.69) is 39.7 Å². The molecule has 0 aromatic carbocycles. The number of hydrogen-bond donors (Lipinski definition) is 1. The number of piperazine rings is 1. The first-order chi connectivity index (χ1) is 7.79. The predicted octanol–water partition coefficient (Wildman–Crippen LogP) is 0.194. The summed E-state index contributed by atoms with van der Waals surface area (Å²) >= 11 is 0. The Hall–Kier alpha value is -0.840. The third-order valence-electron chi connectivity index (χ3n) is 3.39. The van der Waals surface area contributed by atoms with E-state index in [1.165, 1.54) is 31.9 Å². The monoisotopic (exact) mass is 222 g/mol. The highest BCUT2D eigenvalue weighted by molar-refractivity contribution is 5.06. The summed E-state index contributed by atoms with van der Waals surface area (Å²) in [4.78, 5) is 4.91. The fraction of sp³-hybridized carbons (Fsp3) is 0.667. The highest BCUT2D eigenvalue weighted by Gasteiger charge is 2.13. The summed E-state index contributed by atoms with van der Waals surface area (Å²) in [5.41, 5.74) is 6.91. The minimum Gasteiger partial charge on any atom is -0.349 e. The topological polar surface area (TPSA) is 37.4 Å². The van der Waals surface area contributed by atoms with Crippen molar-refractivity contribution in [2.45, 2.75) is 13.1 Å². The van der Waals surface area contributed by atoms with E-state index >= 15 is 0 Å². The van der Waals surface area contributed by atoms with Crippen LogP contribution < -0.4 is 5.73 Å². The van der Waals surface area contributed by atoms with Crippen LogP contribution in [0.15, 0.2) is 18.3 Å². The molecule has 16 heavy (non-hydrogen) atoms. The molecule has 0 amide bonds. The highest BCUT2D eigenvalue weighted by Crippen LogP contribution is 2.03. The molecule has 1 aromatic heterocycles. The molecule has 1 saturated heterocycles. The molecule has 0 bridgehead atoms. The van der Waals surface area contributed by atoms with Crippen molar-refractivity contribution in [2.24, 2.45) is 5.73 Å². The van der Waals surface area contributed by atoms with E-state index < -0.39 is 0 Å². The first kappa shape index (κ1) is 11.6. The van der Waals surface area contributed by atoms with E-state index in [4.69, 9.17) is 5.73 Å². The fourth-order valence-electron chi connectivity index (χ4n) is 2.17. The van der Waals surface area contributed by atoms with Gasteiger partial charge in [-0.15, -0.1) is 0 Å². The smallest absolute Gasteiger partial charge is 0.0350 e. The van der Waals surface area contributed by atoms with E-state index in [0.717, 1.165) is 13.1 Å². The van der Waals surface area contributed by atoms with Crippen LogP contribution in [0, 0.1) is 0 Å². The van der Waals surface area contributed by atoms with Crippen molar-refractivity contribution < 1.29 is 0 Å². The Morgan fingerprint density at radius 2 is 1.94 bits per heavy atom. The van der Waals surface area contributed by atoms with Crippen molar-refractivity contribution in [3.8, 4) is 0 Å². The molecule has 0 aliphatic carbocycles. The average Bonchev–Trinajstić information content (AvgIpc) is 2.76. The molecule has 90 valence electrons. The van der Waals surface area contributed by atoms with Gasteiger partial charge in [-0.3, -0.25) is 4.90 Å². The van der Waals surface area contributed by atoms with E-state index in [0.29, 0.717) is 6.54 Å². The van der Waals surface area contributed by atoms with E-state index in [1.807, 2.05) is 0 Å². The summed E-state index contributed by atoms with van der Waals surface area (Å²) < 4.78 is 2.26. The van der Waals surface area contributed by atoms with Gasteiger partial charge in [0.15, 0.2) is 0 Å². The molecule has 2 rings (SSSR count). The number of rotatable bonds is 4. The Morgan fingerprint density at radius 1 is 1.19 bits per heavy atom. The van der Waals surface area contributed by atoms with E-state index in [-0.39, 0.29) is 0 Å². The molecule has 1 fully saturated rings. The third-order valence-corrected chi connectivity index (χ3v) is 3.39. The Bertz CT molecular complexity index is 313. The Balaban J connectivity index is 1.79. The largest absolute Gasteiger partial charge is 0.349 e. The molecule has 0 unspecified atom stereocenters. The Labute approximate surface area is 97.6 Å². The molecule has 2 heterocycles. The Kier molecular flexibility index (Phi) is 3.98. The minimum atomic E-state index is 0.635. The third kappa shape index (κ3) is 2.84. The predicted molar refractivity (Wildman–Crippen MR) is 66.3 cm³/mol. The lowest BCUT2D eigenvalue weighted by molar-refractivity contribution is 0.150. The van der Waals surface area contributed by atoms with Gasteiger partial charge in [0, 0.05) is 57.7 Å². The van der Waals surface area contributed by atoms with Crippen LogP contribution in [0.1, 0.15) is 5.69 Å². The lowest BCUT2D eigenvalue weighted by Crippen LogP contribution is -2.45. The standard InChI is InChI=1S/C12H22N4/c1-14-5-7-15(8-6-14)9-10-16-4-2-3-12(16)11-13/h2-4H,5-11,13H2,1H3. The van der Waals surface area contributed by atoms with Crippen molar-refractivity contribution in [3.63, 3.8) is 0 Å². The lowest BCUT2D eigenvalue weighted by atomic mass is 10.3. The maximum atomic E-state index is 5.68. The van der Waals surface area contributed by atoms with Gasteiger partial charge in [0.05, 0.1) is 0 Å². The van der Waals surface area contributed by atoms with Crippen molar-refractivity contribution in [2.75, 3.05) is 39.8 Å². The van der Waals surface area contributed by atoms with Crippen LogP contribution in [0.3, 0.4) is 0 Å². The summed E-state index contributed by atoms with van der Waals surface area (Å²) in [6.45, 7) is 7.59. The highest BCUT2D eigenvalue weighted by atomic mass is 15.2. The zero-order chi connectivity index (χ0) is 11.4. The van der Waals surface area contributed by atoms with Gasteiger partial charge in [0.1, 0.15) is 0 Å². The van der Waals surface area contributed by atoms with Crippen LogP contribution in [0.25, 0.3) is 0 Å². The van der Waals surface area contributed by atoms with Gasteiger partial charge in [-0.25, -0.2) is 0 Å². The molecule has 1 aliphatic rings. The first-order valence-electron chi connectivity index (χ1n) is 6.04. The molecule has 1 aliphatic heterocycles. The van der Waals surface area contributed by atoms with Crippen LogP contribution in [-0.2, 0) is 13.1 Å². The molecule has 0 spiro atoms. The van der Waals surface area contributed by atoms with Crippen LogP contribution in [0.2, 0.25) is 0 Å². The second-order valence-electron chi connectivity index (χ2n) is 4.54. The maximum absolute atomic E-state index is 5.68. The lowest BCUT2D eigenvalue weighted by Gasteiger charge is -2.32. The van der Waals surface area contributed by atoms with Crippen molar-refractivity contribution in [1.29, 1.82) is 0 Å². The summed E-state index contributed by atoms with van der Waals surface area (Å²) in [6, 6.07) is 4.18. The zero-order valence-corrected chi connectivity index (χ0v) is 10.1. The number of hydrogen-bond acceptors (Lipinski definition) is 3. The quantitative estimate of drug-likeness (QED) is 0.790. The summed E-state index contributed by atoms with van der Waals surface area (Å²) in [7, 11) is 2.19. The van der Waals surface area contributed by atoms with Crippen LogP contribution in [-0.4, -0.2) is 54.1 Å². The van der Waals surface area contributed by atoms with Gasteiger partial charge in [-0.05, 0) is 19.2 Å². The molecule has 0 saturated carbocycles. The molecule has 0 atom stereocenters. The van der Waals surface area contributed by atoms with Gasteiger partial charge in [-0.1, -0.05) is 0 Å². The molecule has 4 nitrogen and oxygen atoms in total. The van der Waals surface area contributed by atoms with E-state index in [1.54, 1.807) is 0 Å². The molecule has 4 heteroatoms. The SMILES string of the molecule is CN1CCN(CCn2cccc2CN)CC1. The second-order valence-corrected chi connectivity index (χ2v) is 4.54. The van der Waals surface area contributed by atoms with Crippen LogP contribution >= 0.6 is 0 Å². The van der Waals surface area contributed by atoms with Gasteiger partial charge in [0.25, 0.3) is 0 Å². The number of likely N-dealkylation sites (N-methyl/N-ethyl adjacent to an activating group) is 1. The fourth-order valence-corrected chi connectivity index (χ4v) is 2.17. The summed E-state index contributed by atoms with van der Waals surface area (Å²) in [6.07, 6.45) is 2.12. The molecule has 0 radical (unpaired) electrons. The van der Waals surface area contributed by atoms with Crippen LogP contribution in [0.4, 0.5) is 0 Å². The molecule has 1 aromatic rings. The average molecular weight is 222 g/mol. The van der Waals surface area contributed by atoms with Crippen LogP contribution in [0.5, 0.6) is 0 Å². The van der Waals surface area contributed by atoms with Gasteiger partial charge >= 0.3 is 0 Å². The molecule has 2 N–H and O–H groups in total. The number of aromatic nitrogens is 1. The zero-order valence-electron chi connectivity index (χ0n) is 10.1. The summed E-state index contributed by atoms with van der Waals surface area (Å²) in [5.74, 6) is 0. The maximum Gasteiger partial charge on any atom is 0.0350 e. The molecular weight excluding hydrogens is 200 g/mol. The van der Waals surface area contributed by atoms with Crippen molar-refractivity contribution in [1.82, 2.24) is 14.4 Å². The second kappa shape index (κ2) is 5.48. The van der Waals surface area contributed by atoms with Crippen molar-refractivity contribution >= 4 is 0 Å². The van der Waals surface area contributed by atoms with E-state index in [9.17, 15) is 0 Å². The normalized spacial score (nSPS) is 19.1. The first-order valence-corrected chi connectivity index (χ1v) is 6.04. The van der Waals surface area contributed by atoms with Gasteiger partial charge < -0.3 is 15.2 Å². The van der Waals surface area contributed by atoms with Gasteiger partial charge in [-0.2, -0.15) is 0 Å². The Morgan fingerprint density at radius 3 is 2.62 bits per heavy atom. The minimum absolute atomic E-state index is 0.635. The molecular formula is C12H22N4. The summed E-state index contributed by atoms with van der Waals surface area (Å²) in [5, 5.41) is 0.